The summed E-state index contributed by atoms with van der Waals surface area (Å²) in [6, 6.07) is 8.70. The van der Waals surface area contributed by atoms with Crippen LogP contribution in [0.25, 0.3) is 0 Å². The number of imidazole rings is 1. The molecule has 0 N–H and O–H groups in total. The molecule has 1 aliphatic heterocycles. The van der Waals surface area contributed by atoms with Crippen molar-refractivity contribution >= 4 is 5.91 Å². The molecule has 2 heterocycles. The molecule has 1 aromatic carbocycles. The van der Waals surface area contributed by atoms with E-state index in [9.17, 15) is 9.18 Å². The molecular formula is C20H24FN3O. The van der Waals surface area contributed by atoms with E-state index in [1.54, 1.807) is 29.2 Å². The Kier molecular flexibility index (Phi) is 4.55. The van der Waals surface area contributed by atoms with Crippen molar-refractivity contribution in [3.8, 4) is 0 Å². The van der Waals surface area contributed by atoms with Crippen LogP contribution in [0, 0.1) is 5.92 Å². The molecule has 0 radical (unpaired) electrons. The average Bonchev–Trinajstić information content (AvgIpc) is 3.36. The second kappa shape index (κ2) is 6.98. The van der Waals surface area contributed by atoms with Gasteiger partial charge in [0.2, 0.25) is 6.17 Å². The van der Waals surface area contributed by atoms with E-state index in [4.69, 9.17) is 0 Å². The highest BCUT2D eigenvalue weighted by Crippen LogP contribution is 2.34. The van der Waals surface area contributed by atoms with E-state index in [0.29, 0.717) is 24.6 Å². The predicted octanol–water partition coefficient (Wildman–Crippen LogP) is 3.71. The van der Waals surface area contributed by atoms with Gasteiger partial charge in [-0.05, 0) is 37.2 Å². The third kappa shape index (κ3) is 3.60. The number of aromatic nitrogens is 2. The van der Waals surface area contributed by atoms with Gasteiger partial charge in [-0.25, -0.2) is 9.37 Å². The van der Waals surface area contributed by atoms with Crippen molar-refractivity contribution in [1.82, 2.24) is 14.5 Å². The second-order valence-electron chi connectivity index (χ2n) is 7.25. The Hall–Kier alpha value is -2.17. The zero-order valence-corrected chi connectivity index (χ0v) is 14.4. The Bertz CT molecular complexity index is 718. The van der Waals surface area contributed by atoms with E-state index in [2.05, 4.69) is 15.7 Å². The molecule has 1 amide bonds. The number of benzene rings is 1. The summed E-state index contributed by atoms with van der Waals surface area (Å²) in [6.07, 6.45) is 6.74. The van der Waals surface area contributed by atoms with E-state index >= 15 is 0 Å². The van der Waals surface area contributed by atoms with Crippen molar-refractivity contribution in [3.05, 3.63) is 54.1 Å². The van der Waals surface area contributed by atoms with Crippen LogP contribution in [0.15, 0.2) is 42.7 Å². The van der Waals surface area contributed by atoms with E-state index < -0.39 is 12.1 Å². The highest BCUT2D eigenvalue weighted by Gasteiger charge is 2.31. The quantitative estimate of drug-likeness (QED) is 0.831. The molecule has 1 saturated carbocycles. The van der Waals surface area contributed by atoms with Gasteiger partial charge in [-0.1, -0.05) is 30.3 Å². The molecule has 5 heteroatoms. The molecule has 132 valence electrons. The summed E-state index contributed by atoms with van der Waals surface area (Å²) >= 11 is 0. The Morgan fingerprint density at radius 1 is 1.16 bits per heavy atom. The Balaban J connectivity index is 1.36. The first kappa shape index (κ1) is 16.3. The molecule has 0 bridgehead atoms. The van der Waals surface area contributed by atoms with Crippen LogP contribution < -0.4 is 0 Å². The maximum Gasteiger partial charge on any atom is 0.261 e. The largest absolute Gasteiger partial charge is 0.340 e. The number of nitrogens with zero attached hydrogens (tertiary/aromatic N) is 3. The van der Waals surface area contributed by atoms with Crippen LogP contribution in [-0.4, -0.2) is 33.4 Å². The minimum Gasteiger partial charge on any atom is -0.340 e. The van der Waals surface area contributed by atoms with Crippen LogP contribution in [0.5, 0.6) is 0 Å². The van der Waals surface area contributed by atoms with Gasteiger partial charge in [0.15, 0.2) is 0 Å². The summed E-state index contributed by atoms with van der Waals surface area (Å²) in [4.78, 5) is 18.7. The highest BCUT2D eigenvalue weighted by molar-refractivity contribution is 5.82. The molecule has 1 aromatic heterocycles. The molecule has 0 spiro atoms. The first-order valence-electron chi connectivity index (χ1n) is 9.21. The van der Waals surface area contributed by atoms with Gasteiger partial charge in [0.05, 0.1) is 0 Å². The number of hydrogen-bond acceptors (Lipinski definition) is 2. The standard InChI is InChI=1S/C20H24FN3O/c21-18(16-4-2-1-3-5-16)20(25)23-11-8-17(9-12-23)19-22-10-13-24(19)14-15-6-7-15/h1-5,10,13,15,17-18H,6-9,11-12,14H2/t18-/m0/s1. The fourth-order valence-electron chi connectivity index (χ4n) is 3.70. The lowest BCUT2D eigenvalue weighted by molar-refractivity contribution is -0.137. The number of rotatable bonds is 5. The van der Waals surface area contributed by atoms with Crippen LogP contribution in [0.2, 0.25) is 0 Å². The van der Waals surface area contributed by atoms with Crippen molar-refractivity contribution in [1.29, 1.82) is 0 Å². The van der Waals surface area contributed by atoms with Crippen LogP contribution in [0.4, 0.5) is 4.39 Å². The van der Waals surface area contributed by atoms with Gasteiger partial charge in [0.25, 0.3) is 5.91 Å². The van der Waals surface area contributed by atoms with E-state index in [1.807, 2.05) is 12.3 Å². The average molecular weight is 341 g/mol. The number of carbonyl (C=O) groups excluding carboxylic acids is 1. The number of piperidine rings is 1. The fraction of sp³-hybridized carbons (Fsp3) is 0.500. The van der Waals surface area contributed by atoms with Crippen LogP contribution >= 0.6 is 0 Å². The Morgan fingerprint density at radius 2 is 1.88 bits per heavy atom. The molecule has 25 heavy (non-hydrogen) atoms. The third-order valence-electron chi connectivity index (χ3n) is 5.38. The highest BCUT2D eigenvalue weighted by atomic mass is 19.1. The molecular weight excluding hydrogens is 317 g/mol. The van der Waals surface area contributed by atoms with Crippen molar-refractivity contribution in [2.45, 2.75) is 44.3 Å². The lowest BCUT2D eigenvalue weighted by Crippen LogP contribution is -2.40. The van der Waals surface area contributed by atoms with E-state index in [-0.39, 0.29) is 0 Å². The van der Waals surface area contributed by atoms with Crippen LogP contribution in [0.3, 0.4) is 0 Å². The number of carbonyl (C=O) groups is 1. The first-order valence-corrected chi connectivity index (χ1v) is 9.21. The summed E-state index contributed by atoms with van der Waals surface area (Å²) in [6.45, 7) is 2.27. The summed E-state index contributed by atoms with van der Waals surface area (Å²) in [5, 5.41) is 0. The van der Waals surface area contributed by atoms with Crippen molar-refractivity contribution in [3.63, 3.8) is 0 Å². The summed E-state index contributed by atoms with van der Waals surface area (Å²) < 4.78 is 16.8. The lowest BCUT2D eigenvalue weighted by Gasteiger charge is -2.32. The predicted molar refractivity (Wildman–Crippen MR) is 93.8 cm³/mol. The monoisotopic (exact) mass is 341 g/mol. The zero-order chi connectivity index (χ0) is 17.2. The molecule has 2 aliphatic rings. The molecule has 4 nitrogen and oxygen atoms in total. The molecule has 2 fully saturated rings. The minimum atomic E-state index is -1.56. The Labute approximate surface area is 147 Å². The number of amides is 1. The Morgan fingerprint density at radius 3 is 2.56 bits per heavy atom. The molecule has 0 unspecified atom stereocenters. The van der Waals surface area contributed by atoms with Gasteiger partial charge in [-0.2, -0.15) is 0 Å². The summed E-state index contributed by atoms with van der Waals surface area (Å²) in [7, 11) is 0. The zero-order valence-electron chi connectivity index (χ0n) is 14.4. The third-order valence-corrected chi connectivity index (χ3v) is 5.38. The normalized spacial score (nSPS) is 19.8. The number of hydrogen-bond donors (Lipinski definition) is 0. The maximum absolute atomic E-state index is 14.5. The summed E-state index contributed by atoms with van der Waals surface area (Å²) in [5.41, 5.74) is 0.439. The molecule has 1 aliphatic carbocycles. The number of alkyl halides is 1. The number of halogens is 1. The molecule has 4 rings (SSSR count). The SMILES string of the molecule is O=C([C@@H](F)c1ccccc1)N1CCC(c2nccn2CC2CC2)CC1. The van der Waals surface area contributed by atoms with Gasteiger partial charge in [0.1, 0.15) is 5.82 Å². The van der Waals surface area contributed by atoms with E-state index in [1.165, 1.54) is 12.8 Å². The van der Waals surface area contributed by atoms with Gasteiger partial charge < -0.3 is 9.47 Å². The van der Waals surface area contributed by atoms with Crippen LogP contribution in [-0.2, 0) is 11.3 Å². The van der Waals surface area contributed by atoms with Crippen molar-refractivity contribution in [2.75, 3.05) is 13.1 Å². The lowest BCUT2D eigenvalue weighted by atomic mass is 9.95. The van der Waals surface area contributed by atoms with Gasteiger partial charge in [-0.15, -0.1) is 0 Å². The first-order chi connectivity index (χ1) is 12.2. The number of likely N-dealkylation sites (tertiary alicyclic amines) is 1. The van der Waals surface area contributed by atoms with Gasteiger partial charge in [0, 0.05) is 37.9 Å². The second-order valence-corrected chi connectivity index (χ2v) is 7.25. The minimum absolute atomic E-state index is 0.368. The smallest absolute Gasteiger partial charge is 0.261 e. The van der Waals surface area contributed by atoms with Crippen molar-refractivity contribution < 1.29 is 9.18 Å². The summed E-state index contributed by atoms with van der Waals surface area (Å²) in [5.74, 6) is 1.91. The van der Waals surface area contributed by atoms with Crippen molar-refractivity contribution in [2.24, 2.45) is 5.92 Å². The van der Waals surface area contributed by atoms with Gasteiger partial charge >= 0.3 is 0 Å². The van der Waals surface area contributed by atoms with E-state index in [0.717, 1.165) is 31.1 Å². The fourth-order valence-corrected chi connectivity index (χ4v) is 3.70. The molecule has 2 aromatic rings. The maximum atomic E-state index is 14.5. The molecule has 1 atom stereocenters. The molecule has 1 saturated heterocycles. The van der Waals surface area contributed by atoms with Crippen LogP contribution in [0.1, 0.15) is 49.2 Å². The topological polar surface area (TPSA) is 38.1 Å². The van der Waals surface area contributed by atoms with Gasteiger partial charge in [-0.3, -0.25) is 4.79 Å².